The van der Waals surface area contributed by atoms with Crippen LogP contribution < -0.4 is 5.32 Å². The molecule has 1 heterocycles. The molecular formula is C14H26N2O3. The Bertz CT molecular complexity index is 323. The number of nitrogens with one attached hydrogen (secondary N) is 1. The number of hydrogen-bond acceptors (Lipinski definition) is 3. The maximum atomic E-state index is 12.3. The predicted octanol–water partition coefficient (Wildman–Crippen LogP) is 1.18. The third-order valence-corrected chi connectivity index (χ3v) is 3.34. The Hall–Kier alpha value is -1.10. The Morgan fingerprint density at radius 3 is 2.53 bits per heavy atom. The zero-order valence-corrected chi connectivity index (χ0v) is 12.5. The summed E-state index contributed by atoms with van der Waals surface area (Å²) in [5.41, 5.74) is -0.249. The maximum absolute atomic E-state index is 12.3. The average Bonchev–Trinajstić information content (AvgIpc) is 2.31. The number of amides is 2. The Labute approximate surface area is 115 Å². The molecule has 5 nitrogen and oxygen atoms in total. The van der Waals surface area contributed by atoms with Crippen molar-refractivity contribution in [1.82, 2.24) is 10.2 Å². The first kappa shape index (κ1) is 16.0. The van der Waals surface area contributed by atoms with Gasteiger partial charge in [0.15, 0.2) is 0 Å². The molecule has 19 heavy (non-hydrogen) atoms. The van der Waals surface area contributed by atoms with Crippen LogP contribution in [0.5, 0.6) is 0 Å². The number of unbranched alkanes of at least 4 members (excludes halogenated alkanes) is 2. The minimum absolute atomic E-state index is 0.0406. The molecule has 0 aromatic carbocycles. The van der Waals surface area contributed by atoms with Crippen molar-refractivity contribution in [3.8, 4) is 0 Å². The van der Waals surface area contributed by atoms with Crippen LogP contribution in [0.25, 0.3) is 0 Å². The highest BCUT2D eigenvalue weighted by Crippen LogP contribution is 2.23. The zero-order chi connectivity index (χ0) is 14.5. The standard InChI is InChI=1S/C14H26N2O3/c1-14(2,3)12-13(18)16(10-11(17)15-12)8-6-5-7-9-19-4/h12H,5-10H2,1-4H3,(H,15,17). The number of rotatable bonds is 6. The number of ether oxygens (including phenoxy) is 1. The minimum Gasteiger partial charge on any atom is -0.385 e. The van der Waals surface area contributed by atoms with Crippen LogP contribution in [0.2, 0.25) is 0 Å². The SMILES string of the molecule is COCCCCCN1CC(=O)NC(C(C)(C)C)C1=O. The Morgan fingerprint density at radius 2 is 1.95 bits per heavy atom. The van der Waals surface area contributed by atoms with Crippen molar-refractivity contribution in [3.05, 3.63) is 0 Å². The monoisotopic (exact) mass is 270 g/mol. The van der Waals surface area contributed by atoms with Crippen molar-refractivity contribution in [1.29, 1.82) is 0 Å². The number of hydrogen-bond donors (Lipinski definition) is 1. The summed E-state index contributed by atoms with van der Waals surface area (Å²) < 4.78 is 4.99. The molecule has 1 saturated heterocycles. The summed E-state index contributed by atoms with van der Waals surface area (Å²) in [4.78, 5) is 25.7. The van der Waals surface area contributed by atoms with Gasteiger partial charge in [-0.3, -0.25) is 9.59 Å². The summed E-state index contributed by atoms with van der Waals surface area (Å²) >= 11 is 0. The van der Waals surface area contributed by atoms with E-state index >= 15 is 0 Å². The van der Waals surface area contributed by atoms with E-state index in [1.807, 2.05) is 20.8 Å². The molecule has 0 aromatic rings. The van der Waals surface area contributed by atoms with E-state index in [0.717, 1.165) is 25.9 Å². The number of carbonyl (C=O) groups excluding carboxylic acids is 2. The number of carbonyl (C=O) groups is 2. The summed E-state index contributed by atoms with van der Waals surface area (Å²) in [6.45, 7) is 7.51. The topological polar surface area (TPSA) is 58.6 Å². The van der Waals surface area contributed by atoms with Gasteiger partial charge < -0.3 is 15.0 Å². The lowest BCUT2D eigenvalue weighted by Gasteiger charge is -2.38. The van der Waals surface area contributed by atoms with Gasteiger partial charge in [0.25, 0.3) is 0 Å². The quantitative estimate of drug-likeness (QED) is 0.737. The van der Waals surface area contributed by atoms with Crippen LogP contribution in [0.15, 0.2) is 0 Å². The van der Waals surface area contributed by atoms with E-state index < -0.39 is 6.04 Å². The van der Waals surface area contributed by atoms with E-state index in [1.54, 1.807) is 12.0 Å². The van der Waals surface area contributed by atoms with Crippen molar-refractivity contribution < 1.29 is 14.3 Å². The molecule has 1 unspecified atom stereocenters. The summed E-state index contributed by atoms with van der Waals surface area (Å²) in [6.07, 6.45) is 2.92. The van der Waals surface area contributed by atoms with Crippen LogP contribution in [0.3, 0.4) is 0 Å². The first-order valence-corrected chi connectivity index (χ1v) is 6.93. The molecule has 1 N–H and O–H groups in total. The van der Waals surface area contributed by atoms with Gasteiger partial charge in [-0.2, -0.15) is 0 Å². The van der Waals surface area contributed by atoms with E-state index in [4.69, 9.17) is 4.74 Å². The van der Waals surface area contributed by atoms with Crippen LogP contribution in [-0.2, 0) is 14.3 Å². The zero-order valence-electron chi connectivity index (χ0n) is 12.5. The van der Waals surface area contributed by atoms with E-state index in [-0.39, 0.29) is 23.8 Å². The summed E-state index contributed by atoms with van der Waals surface area (Å²) in [7, 11) is 1.69. The van der Waals surface area contributed by atoms with Gasteiger partial charge in [0.1, 0.15) is 6.04 Å². The lowest BCUT2D eigenvalue weighted by molar-refractivity contribution is -0.147. The molecule has 0 aliphatic carbocycles. The van der Waals surface area contributed by atoms with Gasteiger partial charge in [-0.1, -0.05) is 20.8 Å². The van der Waals surface area contributed by atoms with E-state index in [0.29, 0.717) is 6.54 Å². The smallest absolute Gasteiger partial charge is 0.246 e. The van der Waals surface area contributed by atoms with Crippen LogP contribution in [0.1, 0.15) is 40.0 Å². The summed E-state index contributed by atoms with van der Waals surface area (Å²) in [6, 6.07) is -0.410. The lowest BCUT2D eigenvalue weighted by Crippen LogP contribution is -2.62. The van der Waals surface area contributed by atoms with Crippen molar-refractivity contribution in [2.45, 2.75) is 46.1 Å². The fraction of sp³-hybridized carbons (Fsp3) is 0.857. The first-order chi connectivity index (χ1) is 8.86. The van der Waals surface area contributed by atoms with Crippen LogP contribution in [0.4, 0.5) is 0 Å². The fourth-order valence-corrected chi connectivity index (χ4v) is 2.20. The molecule has 1 aliphatic rings. The number of methoxy groups -OCH3 is 1. The van der Waals surface area contributed by atoms with Gasteiger partial charge in [0.2, 0.25) is 11.8 Å². The van der Waals surface area contributed by atoms with E-state index in [1.165, 1.54) is 0 Å². The molecule has 0 bridgehead atoms. The molecular weight excluding hydrogens is 244 g/mol. The molecule has 1 rings (SSSR count). The van der Waals surface area contributed by atoms with Crippen molar-refractivity contribution >= 4 is 11.8 Å². The summed E-state index contributed by atoms with van der Waals surface area (Å²) in [5, 5.41) is 2.80. The van der Waals surface area contributed by atoms with Gasteiger partial charge in [-0.25, -0.2) is 0 Å². The summed E-state index contributed by atoms with van der Waals surface area (Å²) in [5.74, 6) is -0.0183. The maximum Gasteiger partial charge on any atom is 0.246 e. The van der Waals surface area contributed by atoms with Gasteiger partial charge in [-0.05, 0) is 24.7 Å². The fourth-order valence-electron chi connectivity index (χ4n) is 2.20. The highest BCUT2D eigenvalue weighted by molar-refractivity contribution is 5.95. The highest BCUT2D eigenvalue weighted by Gasteiger charge is 2.39. The predicted molar refractivity (Wildman–Crippen MR) is 73.7 cm³/mol. The van der Waals surface area contributed by atoms with Crippen LogP contribution in [0, 0.1) is 5.41 Å². The number of piperazine rings is 1. The highest BCUT2D eigenvalue weighted by atomic mass is 16.5. The minimum atomic E-state index is -0.410. The molecule has 1 aliphatic heterocycles. The molecule has 2 amide bonds. The van der Waals surface area contributed by atoms with Crippen molar-refractivity contribution in [3.63, 3.8) is 0 Å². The largest absolute Gasteiger partial charge is 0.385 e. The second-order valence-corrected chi connectivity index (χ2v) is 6.18. The van der Waals surface area contributed by atoms with Crippen LogP contribution >= 0.6 is 0 Å². The second-order valence-electron chi connectivity index (χ2n) is 6.18. The lowest BCUT2D eigenvalue weighted by atomic mass is 9.84. The average molecular weight is 270 g/mol. The molecule has 1 fully saturated rings. The van der Waals surface area contributed by atoms with Gasteiger partial charge in [0.05, 0.1) is 6.54 Å². The third kappa shape index (κ3) is 4.82. The van der Waals surface area contributed by atoms with Crippen molar-refractivity contribution in [2.75, 3.05) is 26.8 Å². The normalized spacial score (nSPS) is 20.6. The van der Waals surface area contributed by atoms with Gasteiger partial charge >= 0.3 is 0 Å². The third-order valence-electron chi connectivity index (χ3n) is 3.34. The van der Waals surface area contributed by atoms with E-state index in [9.17, 15) is 9.59 Å². The van der Waals surface area contributed by atoms with Gasteiger partial charge in [0, 0.05) is 20.3 Å². The Kier molecular flexibility index (Phi) is 5.79. The second kappa shape index (κ2) is 6.89. The van der Waals surface area contributed by atoms with E-state index in [2.05, 4.69) is 5.32 Å². The molecule has 1 atom stereocenters. The Balaban J connectivity index is 2.48. The number of nitrogens with zero attached hydrogens (tertiary/aromatic N) is 1. The molecule has 0 radical (unpaired) electrons. The van der Waals surface area contributed by atoms with Crippen LogP contribution in [-0.4, -0.2) is 49.6 Å². The molecule has 0 spiro atoms. The molecule has 0 saturated carbocycles. The first-order valence-electron chi connectivity index (χ1n) is 6.93. The molecule has 5 heteroatoms. The van der Waals surface area contributed by atoms with Gasteiger partial charge in [-0.15, -0.1) is 0 Å². The molecule has 0 aromatic heterocycles. The Morgan fingerprint density at radius 1 is 1.26 bits per heavy atom. The van der Waals surface area contributed by atoms with Crippen molar-refractivity contribution in [2.24, 2.45) is 5.41 Å². The molecule has 110 valence electrons.